The Morgan fingerprint density at radius 2 is 2.32 bits per heavy atom. The predicted octanol–water partition coefficient (Wildman–Crippen LogP) is 2.03. The van der Waals surface area contributed by atoms with Gasteiger partial charge in [0.2, 0.25) is 0 Å². The van der Waals surface area contributed by atoms with Crippen LogP contribution in [0.5, 0.6) is 0 Å². The normalized spacial score (nSPS) is 11.7. The predicted molar refractivity (Wildman–Crippen MR) is 77.5 cm³/mol. The third-order valence-corrected chi connectivity index (χ3v) is 3.80. The molecular weight excluding hydrogens is 262 g/mol. The number of methoxy groups -OCH3 is 1. The Hall–Kier alpha value is -1.66. The molecule has 102 valence electrons. The molecule has 5 nitrogen and oxygen atoms in total. The van der Waals surface area contributed by atoms with Gasteiger partial charge in [0, 0.05) is 18.7 Å². The number of pyridine rings is 1. The summed E-state index contributed by atoms with van der Waals surface area (Å²) in [6.07, 6.45) is 1.69. The third-order valence-electron chi connectivity index (χ3n) is 2.67. The maximum atomic E-state index is 12.3. The fourth-order valence-corrected chi connectivity index (χ4v) is 2.84. The molecule has 2 rings (SSSR count). The molecule has 1 amide bonds. The van der Waals surface area contributed by atoms with Crippen LogP contribution in [-0.4, -0.2) is 30.1 Å². The number of carbonyl (C=O) groups is 1. The summed E-state index contributed by atoms with van der Waals surface area (Å²) in [6.45, 7) is 4.23. The van der Waals surface area contributed by atoms with Crippen molar-refractivity contribution < 1.29 is 9.53 Å². The number of nitrogens with two attached hydrogens (primary N) is 1. The zero-order valence-electron chi connectivity index (χ0n) is 11.2. The van der Waals surface area contributed by atoms with E-state index in [1.165, 1.54) is 11.3 Å². The molecule has 2 heterocycles. The molecule has 0 radical (unpaired) electrons. The largest absolute Gasteiger partial charge is 0.397 e. The van der Waals surface area contributed by atoms with Gasteiger partial charge in [0.05, 0.1) is 17.8 Å². The van der Waals surface area contributed by atoms with Crippen molar-refractivity contribution in [2.24, 2.45) is 0 Å². The van der Waals surface area contributed by atoms with E-state index in [0.717, 1.165) is 10.2 Å². The Morgan fingerprint density at radius 1 is 1.58 bits per heavy atom. The number of thiophene rings is 1. The van der Waals surface area contributed by atoms with Crippen molar-refractivity contribution in [1.29, 1.82) is 0 Å². The van der Waals surface area contributed by atoms with Crippen molar-refractivity contribution in [1.82, 2.24) is 10.3 Å². The van der Waals surface area contributed by atoms with Crippen LogP contribution in [0.1, 0.15) is 23.5 Å². The molecule has 6 heteroatoms. The van der Waals surface area contributed by atoms with Gasteiger partial charge in [-0.2, -0.15) is 0 Å². The van der Waals surface area contributed by atoms with Crippen molar-refractivity contribution in [3.8, 4) is 0 Å². The number of nitrogen functional groups attached to an aromatic ring is 1. The summed E-state index contributed by atoms with van der Waals surface area (Å²) in [7, 11) is 1.60. The van der Waals surface area contributed by atoms with Crippen LogP contribution in [-0.2, 0) is 4.74 Å². The van der Waals surface area contributed by atoms with Crippen LogP contribution in [0.4, 0.5) is 5.69 Å². The second-order valence-corrected chi connectivity index (χ2v) is 5.97. The van der Waals surface area contributed by atoms with Gasteiger partial charge in [0.15, 0.2) is 0 Å². The highest BCUT2D eigenvalue weighted by molar-refractivity contribution is 7.21. The van der Waals surface area contributed by atoms with Crippen molar-refractivity contribution in [2.45, 2.75) is 19.4 Å². The van der Waals surface area contributed by atoms with E-state index in [9.17, 15) is 4.79 Å². The van der Waals surface area contributed by atoms with Crippen molar-refractivity contribution in [2.75, 3.05) is 19.5 Å². The third kappa shape index (κ3) is 2.85. The standard InChI is InChI=1S/C13H17N3O2S/c1-13(2,7-18-3)16-11(17)10-9(14)8-5-4-6-15-12(8)19-10/h4-6H,7,14H2,1-3H3,(H,16,17). The first-order valence-corrected chi connectivity index (χ1v) is 6.71. The Labute approximate surface area is 115 Å². The highest BCUT2D eigenvalue weighted by Crippen LogP contribution is 2.32. The van der Waals surface area contributed by atoms with Gasteiger partial charge in [0.1, 0.15) is 9.71 Å². The highest BCUT2D eigenvalue weighted by Gasteiger charge is 2.24. The van der Waals surface area contributed by atoms with Crippen molar-refractivity contribution in [3.63, 3.8) is 0 Å². The van der Waals surface area contributed by atoms with Crippen molar-refractivity contribution in [3.05, 3.63) is 23.2 Å². The summed E-state index contributed by atoms with van der Waals surface area (Å²) in [5.41, 5.74) is 6.05. The van der Waals surface area contributed by atoms with Crippen LogP contribution in [0.3, 0.4) is 0 Å². The number of ether oxygens (including phenoxy) is 1. The average molecular weight is 279 g/mol. The first-order valence-electron chi connectivity index (χ1n) is 5.89. The zero-order valence-corrected chi connectivity index (χ0v) is 12.0. The second kappa shape index (κ2) is 5.14. The lowest BCUT2D eigenvalue weighted by molar-refractivity contribution is 0.0824. The molecule has 0 aliphatic heterocycles. The first kappa shape index (κ1) is 13.8. The van der Waals surface area contributed by atoms with E-state index in [2.05, 4.69) is 10.3 Å². The van der Waals surface area contributed by atoms with E-state index in [1.807, 2.05) is 26.0 Å². The number of amides is 1. The smallest absolute Gasteiger partial charge is 0.264 e. The summed E-state index contributed by atoms with van der Waals surface area (Å²) in [5.74, 6) is -0.192. The molecule has 3 N–H and O–H groups in total. The van der Waals surface area contributed by atoms with Gasteiger partial charge in [-0.25, -0.2) is 4.98 Å². The summed E-state index contributed by atoms with van der Waals surface area (Å²) in [6, 6.07) is 3.67. The second-order valence-electron chi connectivity index (χ2n) is 4.97. The van der Waals surface area contributed by atoms with Gasteiger partial charge in [-0.15, -0.1) is 11.3 Å². The molecule has 0 aliphatic carbocycles. The molecule has 2 aromatic heterocycles. The molecule has 0 saturated carbocycles. The van der Waals surface area contributed by atoms with E-state index in [4.69, 9.17) is 10.5 Å². The molecule has 2 aromatic rings. The summed E-state index contributed by atoms with van der Waals surface area (Å²) in [4.78, 5) is 17.7. The number of carbonyl (C=O) groups excluding carboxylic acids is 1. The van der Waals surface area contributed by atoms with Gasteiger partial charge in [-0.3, -0.25) is 4.79 Å². The number of rotatable bonds is 4. The molecule has 0 fully saturated rings. The maximum absolute atomic E-state index is 12.3. The number of hydrogen-bond acceptors (Lipinski definition) is 5. The molecular formula is C13H17N3O2S. The SMILES string of the molecule is COCC(C)(C)NC(=O)c1sc2ncccc2c1N. The van der Waals surface area contributed by atoms with Gasteiger partial charge in [0.25, 0.3) is 5.91 Å². The van der Waals surface area contributed by atoms with Crippen LogP contribution < -0.4 is 11.1 Å². The molecule has 0 aliphatic rings. The molecule has 0 unspecified atom stereocenters. The summed E-state index contributed by atoms with van der Waals surface area (Å²) < 4.78 is 5.08. The fraction of sp³-hybridized carbons (Fsp3) is 0.385. The number of aromatic nitrogens is 1. The van der Waals surface area contributed by atoms with Crippen molar-refractivity contribution >= 4 is 33.1 Å². The number of nitrogens with one attached hydrogen (secondary N) is 1. The number of hydrogen-bond donors (Lipinski definition) is 2. The molecule has 19 heavy (non-hydrogen) atoms. The average Bonchev–Trinajstić information content (AvgIpc) is 2.67. The molecule has 0 spiro atoms. The van der Waals surface area contributed by atoms with E-state index in [-0.39, 0.29) is 5.91 Å². The topological polar surface area (TPSA) is 77.2 Å². The lowest BCUT2D eigenvalue weighted by Gasteiger charge is -2.24. The minimum absolute atomic E-state index is 0.192. The van der Waals surface area contributed by atoms with Gasteiger partial charge >= 0.3 is 0 Å². The Morgan fingerprint density at radius 3 is 2.95 bits per heavy atom. The zero-order chi connectivity index (χ0) is 14.0. The quantitative estimate of drug-likeness (QED) is 0.897. The van der Waals surface area contributed by atoms with Crippen LogP contribution in [0.25, 0.3) is 10.2 Å². The van der Waals surface area contributed by atoms with Crippen LogP contribution >= 0.6 is 11.3 Å². The van der Waals surface area contributed by atoms with Gasteiger partial charge in [-0.1, -0.05) is 0 Å². The summed E-state index contributed by atoms with van der Waals surface area (Å²) in [5, 5.41) is 3.74. The lowest BCUT2D eigenvalue weighted by Crippen LogP contribution is -2.46. The minimum Gasteiger partial charge on any atom is -0.397 e. The van der Waals surface area contributed by atoms with Crippen LogP contribution in [0.2, 0.25) is 0 Å². The Kier molecular flexibility index (Phi) is 3.73. The highest BCUT2D eigenvalue weighted by atomic mass is 32.1. The molecule has 0 bridgehead atoms. The monoisotopic (exact) mass is 279 g/mol. The molecule has 0 aromatic carbocycles. The molecule has 0 atom stereocenters. The maximum Gasteiger partial charge on any atom is 0.264 e. The fourth-order valence-electron chi connectivity index (χ4n) is 1.88. The Bertz CT molecular complexity index is 607. The number of anilines is 1. The number of nitrogens with zero attached hydrogens (tertiary/aromatic N) is 1. The summed E-state index contributed by atoms with van der Waals surface area (Å²) >= 11 is 1.30. The molecule has 0 saturated heterocycles. The first-order chi connectivity index (χ1) is 8.94. The Balaban J connectivity index is 2.29. The van der Waals surface area contributed by atoms with Gasteiger partial charge < -0.3 is 15.8 Å². The lowest BCUT2D eigenvalue weighted by atomic mass is 10.1. The van der Waals surface area contributed by atoms with E-state index >= 15 is 0 Å². The van der Waals surface area contributed by atoms with E-state index in [0.29, 0.717) is 17.2 Å². The minimum atomic E-state index is -0.443. The van der Waals surface area contributed by atoms with Gasteiger partial charge in [-0.05, 0) is 26.0 Å². The number of fused-ring (bicyclic) bond motifs is 1. The van der Waals surface area contributed by atoms with E-state index < -0.39 is 5.54 Å². The van der Waals surface area contributed by atoms with E-state index in [1.54, 1.807) is 13.3 Å². The van der Waals surface area contributed by atoms with Crippen LogP contribution in [0.15, 0.2) is 18.3 Å². The van der Waals surface area contributed by atoms with Crippen LogP contribution in [0, 0.1) is 0 Å².